The molecule has 0 radical (unpaired) electrons. The van der Waals surface area contributed by atoms with Gasteiger partial charge in [0.05, 0.1) is 40.9 Å². The molecule has 15 nitrogen and oxygen atoms in total. The number of carbonyl (C=O) groups excluding carboxylic acids is 4. The maximum Gasteiger partial charge on any atom is 0.320 e. The van der Waals surface area contributed by atoms with Crippen LogP contribution in [0.15, 0.2) is 41.9 Å². The lowest BCUT2D eigenvalue weighted by Gasteiger charge is -2.34. The summed E-state index contributed by atoms with van der Waals surface area (Å²) in [7, 11) is 3.19. The number of aryl methyl sites for hydroxylation is 1. The molecule has 1 saturated heterocycles. The number of hydrazine groups is 1. The number of likely N-dealkylation sites (tertiary alicyclic amines) is 1. The Labute approximate surface area is 366 Å². The van der Waals surface area contributed by atoms with E-state index in [1.165, 1.54) is 33.8 Å². The number of benzene rings is 1. The summed E-state index contributed by atoms with van der Waals surface area (Å²) in [4.78, 5) is 67.5. The number of thiazole rings is 1. The van der Waals surface area contributed by atoms with Gasteiger partial charge in [0.25, 0.3) is 5.91 Å². The summed E-state index contributed by atoms with van der Waals surface area (Å²) in [5, 5.41) is 17.1. The third-order valence-corrected chi connectivity index (χ3v) is 12.7. The quantitative estimate of drug-likeness (QED) is 0.129. The van der Waals surface area contributed by atoms with Crippen LogP contribution in [-0.2, 0) is 43.2 Å². The molecule has 2 aliphatic rings. The van der Waals surface area contributed by atoms with Crippen molar-refractivity contribution in [2.45, 2.75) is 111 Å². The molecule has 62 heavy (non-hydrogen) atoms. The standard InChI is InChI=1S/C45H61FN8O7S/c1-9-53-36-16-15-29-21-32(36)33(41(53)31-13-12-18-47-39(31)28(4)60-8)23-45(5,6)26-61-38(56)14-10-11-19-54(50-46)43(58)34(22-37-48-35(29)25-62-37)49-42(57)40(27(2)3)51(7)44(59)52-20-17-30(55)24-52/h12-13,15-16,18,21,25,27-28,30,34,40,50,55H,9-11,14,17,19-20,22-24,26H2,1-8H3,(H,49,57)/t28-,30-,34-,40?/m0/s1. The Bertz CT molecular complexity index is 2240. The first-order chi connectivity index (χ1) is 29.6. The Morgan fingerprint density at radius 3 is 2.61 bits per heavy atom. The first kappa shape index (κ1) is 46.5. The number of esters is 1. The van der Waals surface area contributed by atoms with E-state index >= 15 is 0 Å². The summed E-state index contributed by atoms with van der Waals surface area (Å²) in [6.07, 6.45) is 2.47. The number of likely N-dealkylation sites (N-methyl/N-ethyl adjacent to an activating group) is 1. The molecule has 0 aliphatic carbocycles. The highest BCUT2D eigenvalue weighted by atomic mass is 32.1. The monoisotopic (exact) mass is 876 g/mol. The molecule has 3 N–H and O–H groups in total. The zero-order chi connectivity index (χ0) is 44.9. The van der Waals surface area contributed by atoms with Crippen molar-refractivity contribution in [3.05, 3.63) is 58.2 Å². The highest BCUT2D eigenvalue weighted by Crippen LogP contribution is 2.42. The molecule has 2 aliphatic heterocycles. The van der Waals surface area contributed by atoms with Gasteiger partial charge in [0.15, 0.2) is 0 Å². The number of cyclic esters (lactones) is 1. The van der Waals surface area contributed by atoms with Crippen LogP contribution in [-0.4, -0.2) is 117 Å². The summed E-state index contributed by atoms with van der Waals surface area (Å²) in [5.41, 5.74) is 7.38. The minimum absolute atomic E-state index is 0.0555. The van der Waals surface area contributed by atoms with Crippen LogP contribution >= 0.6 is 11.3 Å². The summed E-state index contributed by atoms with van der Waals surface area (Å²) in [5.74, 6) is -2.09. The van der Waals surface area contributed by atoms with Gasteiger partial charge < -0.3 is 34.3 Å². The molecule has 4 atom stereocenters. The van der Waals surface area contributed by atoms with Gasteiger partial charge in [0.1, 0.15) is 12.1 Å². The SMILES string of the molecule is CCn1c(-c2cccnc2[C@H](C)OC)c2c3cc(ccc31)-c1csc(n1)C[C@H](NC(=O)C(C(C)C)N(C)C(=O)N1CC[C@H](O)C1)C(=O)N(NF)CCCCC(=O)OCC(C)(C)C2. The van der Waals surface area contributed by atoms with Crippen LogP contribution < -0.4 is 11.0 Å². The van der Waals surface area contributed by atoms with Crippen molar-refractivity contribution in [3.8, 4) is 22.5 Å². The highest BCUT2D eigenvalue weighted by molar-refractivity contribution is 7.10. The lowest BCUT2D eigenvalue weighted by atomic mass is 9.84. The van der Waals surface area contributed by atoms with E-state index in [1.54, 1.807) is 27.2 Å². The number of aromatic nitrogens is 3. The third-order valence-electron chi connectivity index (χ3n) is 11.9. The Morgan fingerprint density at radius 1 is 1.16 bits per heavy atom. The zero-order valence-corrected chi connectivity index (χ0v) is 37.9. The lowest BCUT2D eigenvalue weighted by molar-refractivity contribution is -0.147. The Balaban J connectivity index is 1.42. The third kappa shape index (κ3) is 10.3. The fourth-order valence-electron chi connectivity index (χ4n) is 8.60. The van der Waals surface area contributed by atoms with E-state index in [1.807, 2.05) is 24.4 Å². The van der Waals surface area contributed by atoms with Crippen molar-refractivity contribution >= 4 is 46.1 Å². The van der Waals surface area contributed by atoms with Gasteiger partial charge in [-0.3, -0.25) is 19.4 Å². The van der Waals surface area contributed by atoms with E-state index in [0.29, 0.717) is 43.1 Å². The van der Waals surface area contributed by atoms with E-state index < -0.39 is 47.4 Å². The van der Waals surface area contributed by atoms with Crippen LogP contribution in [0.3, 0.4) is 0 Å². The second-order valence-corrected chi connectivity index (χ2v) is 18.5. The molecule has 336 valence electrons. The average molecular weight is 877 g/mol. The zero-order valence-electron chi connectivity index (χ0n) is 37.1. The molecule has 0 spiro atoms. The summed E-state index contributed by atoms with van der Waals surface area (Å²) >= 11 is 1.33. The van der Waals surface area contributed by atoms with Gasteiger partial charge in [-0.2, -0.15) is 0 Å². The predicted octanol–water partition coefficient (Wildman–Crippen LogP) is 6.24. The molecule has 4 bridgehead atoms. The van der Waals surface area contributed by atoms with Crippen molar-refractivity contribution in [2.75, 3.05) is 40.4 Å². The number of nitrogens with one attached hydrogen (secondary N) is 2. The van der Waals surface area contributed by atoms with Crippen LogP contribution in [0.4, 0.5) is 9.28 Å². The molecule has 4 aromatic rings. The Hall–Kier alpha value is -4.97. The number of aliphatic hydroxyl groups is 1. The molecule has 4 amide bonds. The number of methoxy groups -OCH3 is 1. The molecule has 0 saturated carbocycles. The number of hydrogen-bond donors (Lipinski definition) is 3. The van der Waals surface area contributed by atoms with E-state index in [2.05, 4.69) is 48.9 Å². The predicted molar refractivity (Wildman–Crippen MR) is 235 cm³/mol. The van der Waals surface area contributed by atoms with Crippen LogP contribution in [0.5, 0.6) is 0 Å². The number of fused-ring (bicyclic) bond motifs is 4. The van der Waals surface area contributed by atoms with Crippen molar-refractivity contribution in [3.63, 3.8) is 0 Å². The van der Waals surface area contributed by atoms with E-state index in [4.69, 9.17) is 19.4 Å². The van der Waals surface area contributed by atoms with Gasteiger partial charge in [-0.05, 0) is 75.3 Å². The van der Waals surface area contributed by atoms with Gasteiger partial charge in [0, 0.05) is 92.2 Å². The average Bonchev–Trinajstić information content (AvgIpc) is 3.98. The molecule has 3 aromatic heterocycles. The maximum atomic E-state index is 14.5. The topological polar surface area (TPSA) is 171 Å². The normalized spacial score (nSPS) is 20.0. The molecular formula is C45H61FN8O7S. The van der Waals surface area contributed by atoms with Gasteiger partial charge in [-0.25, -0.2) is 14.8 Å². The minimum atomic E-state index is -1.26. The smallest absolute Gasteiger partial charge is 0.320 e. The number of rotatable bonds is 9. The summed E-state index contributed by atoms with van der Waals surface area (Å²) in [6.45, 7) is 13.1. The number of amides is 4. The number of nitrogens with zero attached hydrogens (tertiary/aromatic N) is 6. The van der Waals surface area contributed by atoms with Gasteiger partial charge in [-0.15, -0.1) is 15.8 Å². The van der Waals surface area contributed by atoms with Gasteiger partial charge >= 0.3 is 12.0 Å². The number of aliphatic hydroxyl groups excluding tert-OH is 1. The molecule has 6 rings (SSSR count). The molecule has 1 aromatic carbocycles. The van der Waals surface area contributed by atoms with E-state index in [9.17, 15) is 28.8 Å². The molecule has 1 fully saturated rings. The van der Waals surface area contributed by atoms with Crippen molar-refractivity contribution in [2.24, 2.45) is 11.3 Å². The van der Waals surface area contributed by atoms with Crippen molar-refractivity contribution in [1.29, 1.82) is 0 Å². The van der Waals surface area contributed by atoms with Crippen LogP contribution in [0.1, 0.15) is 89.6 Å². The lowest BCUT2D eigenvalue weighted by Crippen LogP contribution is -2.59. The maximum absolute atomic E-state index is 14.5. The first-order valence-corrected chi connectivity index (χ1v) is 22.4. The Kier molecular flexibility index (Phi) is 15.0. The first-order valence-electron chi connectivity index (χ1n) is 21.5. The minimum Gasteiger partial charge on any atom is -0.465 e. The van der Waals surface area contributed by atoms with Crippen LogP contribution in [0.2, 0.25) is 0 Å². The summed E-state index contributed by atoms with van der Waals surface area (Å²) < 4.78 is 28.4. The van der Waals surface area contributed by atoms with Crippen LogP contribution in [0.25, 0.3) is 33.4 Å². The number of urea groups is 1. The van der Waals surface area contributed by atoms with Crippen molar-refractivity contribution < 1.29 is 38.2 Å². The van der Waals surface area contributed by atoms with Crippen molar-refractivity contribution in [1.82, 2.24) is 40.3 Å². The number of ether oxygens (including phenoxy) is 2. The fourth-order valence-corrected chi connectivity index (χ4v) is 9.45. The van der Waals surface area contributed by atoms with E-state index in [0.717, 1.165) is 44.0 Å². The highest BCUT2D eigenvalue weighted by Gasteiger charge is 2.38. The fraction of sp³-hybridized carbons (Fsp3) is 0.556. The second-order valence-electron chi connectivity index (χ2n) is 17.5. The van der Waals surface area contributed by atoms with Gasteiger partial charge in [0.2, 0.25) is 5.91 Å². The largest absolute Gasteiger partial charge is 0.465 e. The van der Waals surface area contributed by atoms with Gasteiger partial charge in [-0.1, -0.05) is 39.4 Å². The Morgan fingerprint density at radius 2 is 1.94 bits per heavy atom. The molecular weight excluding hydrogens is 816 g/mol. The number of β-amino-alcohol motifs (C(OH)–C–C–N with tert-alkyl or cyclic N) is 1. The molecule has 1 unspecified atom stereocenters. The summed E-state index contributed by atoms with van der Waals surface area (Å²) in [6, 6.07) is 7.55. The number of hydrogen-bond acceptors (Lipinski definition) is 11. The molecule has 17 heteroatoms. The number of pyridine rings is 1. The van der Waals surface area contributed by atoms with E-state index in [-0.39, 0.29) is 51.0 Å². The van der Waals surface area contributed by atoms with Crippen LogP contribution in [0, 0.1) is 11.3 Å². The number of halogens is 1. The molecule has 5 heterocycles. The number of carbonyl (C=O) groups is 4. The second kappa shape index (κ2) is 20.0.